The number of aliphatic imine (C=N–C) groups is 1. The quantitative estimate of drug-likeness (QED) is 0.569. The van der Waals surface area contributed by atoms with Crippen molar-refractivity contribution in [3.05, 3.63) is 29.8 Å². The van der Waals surface area contributed by atoms with Crippen LogP contribution in [0.25, 0.3) is 0 Å². The number of rotatable bonds is 8. The van der Waals surface area contributed by atoms with Gasteiger partial charge in [0.05, 0.1) is 0 Å². The van der Waals surface area contributed by atoms with Crippen molar-refractivity contribution >= 4 is 5.96 Å². The summed E-state index contributed by atoms with van der Waals surface area (Å²) in [5.74, 6) is 2.32. The number of benzene rings is 1. The van der Waals surface area contributed by atoms with Crippen LogP contribution in [0.2, 0.25) is 0 Å². The molecule has 0 amide bonds. The van der Waals surface area contributed by atoms with Gasteiger partial charge in [-0.05, 0) is 37.7 Å². The molecule has 1 aromatic rings. The summed E-state index contributed by atoms with van der Waals surface area (Å²) >= 11 is 0. The van der Waals surface area contributed by atoms with E-state index in [4.69, 9.17) is 4.74 Å². The zero-order valence-electron chi connectivity index (χ0n) is 14.5. The van der Waals surface area contributed by atoms with E-state index in [1.807, 2.05) is 26.2 Å². The van der Waals surface area contributed by atoms with Gasteiger partial charge in [-0.1, -0.05) is 26.0 Å². The van der Waals surface area contributed by atoms with Gasteiger partial charge in [-0.15, -0.1) is 0 Å². The minimum Gasteiger partial charge on any atom is -0.492 e. The molecule has 0 bridgehead atoms. The molecule has 5 nitrogen and oxygen atoms in total. The highest BCUT2D eigenvalue weighted by Gasteiger charge is 2.01. The Labute approximate surface area is 134 Å². The fourth-order valence-electron chi connectivity index (χ4n) is 1.80. The Morgan fingerprint density at radius 3 is 2.68 bits per heavy atom. The fourth-order valence-corrected chi connectivity index (χ4v) is 1.80. The van der Waals surface area contributed by atoms with Crippen molar-refractivity contribution in [3.63, 3.8) is 0 Å². The molecule has 1 rings (SSSR count). The van der Waals surface area contributed by atoms with Crippen LogP contribution in [-0.2, 0) is 6.54 Å². The molecule has 0 aliphatic heterocycles. The van der Waals surface area contributed by atoms with Gasteiger partial charge < -0.3 is 20.3 Å². The number of nitrogens with zero attached hydrogens (tertiary/aromatic N) is 2. The van der Waals surface area contributed by atoms with Crippen LogP contribution >= 0.6 is 0 Å². The van der Waals surface area contributed by atoms with Crippen molar-refractivity contribution in [2.45, 2.75) is 20.4 Å². The lowest BCUT2D eigenvalue weighted by Gasteiger charge is -2.14. The standard InChI is InChI=1S/C17H30N4O/c1-14(2)12-19-17(18-3)20-13-15-7-6-8-16(11-15)22-10-9-21(4)5/h6-8,11,14H,9-10,12-13H2,1-5H3,(H2,18,19,20). The Balaban J connectivity index is 2.45. The van der Waals surface area contributed by atoms with Crippen LogP contribution in [-0.4, -0.2) is 51.7 Å². The van der Waals surface area contributed by atoms with Crippen LogP contribution < -0.4 is 15.4 Å². The maximum Gasteiger partial charge on any atom is 0.191 e. The highest BCUT2D eigenvalue weighted by molar-refractivity contribution is 5.79. The van der Waals surface area contributed by atoms with E-state index in [0.29, 0.717) is 12.5 Å². The number of hydrogen-bond acceptors (Lipinski definition) is 3. The van der Waals surface area contributed by atoms with E-state index >= 15 is 0 Å². The first-order valence-corrected chi connectivity index (χ1v) is 7.82. The molecule has 0 spiro atoms. The number of likely N-dealkylation sites (N-methyl/N-ethyl adjacent to an activating group) is 1. The highest BCUT2D eigenvalue weighted by atomic mass is 16.5. The SMILES string of the molecule is CN=C(NCc1cccc(OCCN(C)C)c1)NCC(C)C. The Kier molecular flexibility index (Phi) is 8.36. The van der Waals surface area contributed by atoms with E-state index in [2.05, 4.69) is 46.5 Å². The molecule has 0 heterocycles. The lowest BCUT2D eigenvalue weighted by Crippen LogP contribution is -2.38. The topological polar surface area (TPSA) is 48.9 Å². The Hall–Kier alpha value is -1.75. The van der Waals surface area contributed by atoms with E-state index < -0.39 is 0 Å². The molecule has 0 aliphatic rings. The molecule has 2 N–H and O–H groups in total. The smallest absolute Gasteiger partial charge is 0.191 e. The van der Waals surface area contributed by atoms with Gasteiger partial charge in [-0.2, -0.15) is 0 Å². The minimum atomic E-state index is 0.590. The van der Waals surface area contributed by atoms with Crippen molar-refractivity contribution in [1.82, 2.24) is 15.5 Å². The molecule has 1 aromatic carbocycles. The maximum absolute atomic E-state index is 5.75. The number of nitrogens with one attached hydrogen (secondary N) is 2. The summed E-state index contributed by atoms with van der Waals surface area (Å²) in [5, 5.41) is 6.62. The second kappa shape index (κ2) is 10.1. The van der Waals surface area contributed by atoms with Gasteiger partial charge in [0.1, 0.15) is 12.4 Å². The monoisotopic (exact) mass is 306 g/mol. The molecule has 0 aromatic heterocycles. The molecule has 0 fully saturated rings. The van der Waals surface area contributed by atoms with Gasteiger partial charge in [0.15, 0.2) is 5.96 Å². The van der Waals surface area contributed by atoms with Crippen molar-refractivity contribution in [3.8, 4) is 5.75 Å². The van der Waals surface area contributed by atoms with Gasteiger partial charge in [0.25, 0.3) is 0 Å². The molecule has 0 aliphatic carbocycles. The third-order valence-electron chi connectivity index (χ3n) is 3.07. The number of hydrogen-bond donors (Lipinski definition) is 2. The second-order valence-electron chi connectivity index (χ2n) is 6.00. The minimum absolute atomic E-state index is 0.590. The van der Waals surface area contributed by atoms with Crippen molar-refractivity contribution < 1.29 is 4.74 Å². The molecular weight excluding hydrogens is 276 g/mol. The Morgan fingerprint density at radius 1 is 1.27 bits per heavy atom. The van der Waals surface area contributed by atoms with Gasteiger partial charge in [0, 0.05) is 26.7 Å². The van der Waals surface area contributed by atoms with Crippen LogP contribution in [0.4, 0.5) is 0 Å². The molecule has 0 unspecified atom stereocenters. The Bertz CT molecular complexity index is 458. The first kappa shape index (κ1) is 18.3. The molecule has 124 valence electrons. The molecular formula is C17H30N4O. The van der Waals surface area contributed by atoms with Crippen LogP contribution in [0.3, 0.4) is 0 Å². The summed E-state index contributed by atoms with van der Waals surface area (Å²) in [6.45, 7) is 7.59. The number of ether oxygens (including phenoxy) is 1. The third kappa shape index (κ3) is 7.88. The first-order chi connectivity index (χ1) is 10.5. The summed E-state index contributed by atoms with van der Waals surface area (Å²) in [5.41, 5.74) is 1.18. The molecule has 22 heavy (non-hydrogen) atoms. The Morgan fingerprint density at radius 2 is 2.05 bits per heavy atom. The van der Waals surface area contributed by atoms with Crippen molar-refractivity contribution in [1.29, 1.82) is 0 Å². The maximum atomic E-state index is 5.75. The predicted molar refractivity (Wildman–Crippen MR) is 93.5 cm³/mol. The zero-order valence-corrected chi connectivity index (χ0v) is 14.5. The zero-order chi connectivity index (χ0) is 16.4. The largest absolute Gasteiger partial charge is 0.492 e. The van der Waals surface area contributed by atoms with Crippen molar-refractivity contribution in [2.75, 3.05) is 40.8 Å². The second-order valence-corrected chi connectivity index (χ2v) is 6.00. The van der Waals surface area contributed by atoms with Crippen LogP contribution in [0, 0.1) is 5.92 Å². The fraction of sp³-hybridized carbons (Fsp3) is 0.588. The first-order valence-electron chi connectivity index (χ1n) is 7.82. The average molecular weight is 306 g/mol. The lowest BCUT2D eigenvalue weighted by atomic mass is 10.2. The van der Waals surface area contributed by atoms with Gasteiger partial charge >= 0.3 is 0 Å². The van der Waals surface area contributed by atoms with Crippen molar-refractivity contribution in [2.24, 2.45) is 10.9 Å². The van der Waals surface area contributed by atoms with Crippen LogP contribution in [0.15, 0.2) is 29.3 Å². The van der Waals surface area contributed by atoms with E-state index in [0.717, 1.165) is 31.3 Å². The summed E-state index contributed by atoms with van der Waals surface area (Å²) in [6.07, 6.45) is 0. The average Bonchev–Trinajstić information content (AvgIpc) is 2.47. The normalized spacial score (nSPS) is 11.9. The van der Waals surface area contributed by atoms with E-state index in [9.17, 15) is 0 Å². The van der Waals surface area contributed by atoms with Gasteiger partial charge in [0.2, 0.25) is 0 Å². The molecule has 0 atom stereocenters. The predicted octanol–water partition coefficient (Wildman–Crippen LogP) is 1.95. The van der Waals surface area contributed by atoms with Gasteiger partial charge in [-0.3, -0.25) is 4.99 Å². The summed E-state index contributed by atoms with van der Waals surface area (Å²) in [4.78, 5) is 6.33. The summed E-state index contributed by atoms with van der Waals surface area (Å²) in [6, 6.07) is 8.16. The van der Waals surface area contributed by atoms with E-state index in [1.165, 1.54) is 5.56 Å². The lowest BCUT2D eigenvalue weighted by molar-refractivity contribution is 0.261. The highest BCUT2D eigenvalue weighted by Crippen LogP contribution is 2.13. The molecule has 0 saturated carbocycles. The van der Waals surface area contributed by atoms with Gasteiger partial charge in [-0.25, -0.2) is 0 Å². The van der Waals surface area contributed by atoms with Crippen LogP contribution in [0.5, 0.6) is 5.75 Å². The molecule has 5 heteroatoms. The molecule has 0 saturated heterocycles. The number of guanidine groups is 1. The van der Waals surface area contributed by atoms with Crippen LogP contribution in [0.1, 0.15) is 19.4 Å². The third-order valence-corrected chi connectivity index (χ3v) is 3.07. The summed E-state index contributed by atoms with van der Waals surface area (Å²) < 4.78 is 5.75. The molecule has 0 radical (unpaired) electrons. The summed E-state index contributed by atoms with van der Waals surface area (Å²) in [7, 11) is 5.87. The van der Waals surface area contributed by atoms with E-state index in [1.54, 1.807) is 7.05 Å². The van der Waals surface area contributed by atoms with E-state index in [-0.39, 0.29) is 0 Å².